The van der Waals surface area contributed by atoms with Gasteiger partial charge in [0.2, 0.25) is 0 Å². The molecule has 1 aliphatic rings. The fourth-order valence-electron chi connectivity index (χ4n) is 1.40. The third-order valence-electron chi connectivity index (χ3n) is 2.14. The molecular weight excluding hydrogens is 208 g/mol. The number of hydrogen-bond acceptors (Lipinski definition) is 7. The van der Waals surface area contributed by atoms with Crippen molar-refractivity contribution in [1.29, 1.82) is 0 Å². The molecule has 7 heteroatoms. The fraction of sp³-hybridized carbons (Fsp3) is 0.875. The van der Waals surface area contributed by atoms with Gasteiger partial charge in [-0.2, -0.15) is 0 Å². The average molecular weight is 222 g/mol. The molecule has 7 nitrogen and oxygen atoms in total. The molecule has 0 spiro atoms. The van der Waals surface area contributed by atoms with Crippen LogP contribution in [0.4, 0.5) is 0 Å². The number of aliphatic hydroxyl groups is 4. The molecule has 1 rings (SSSR count). The van der Waals surface area contributed by atoms with E-state index in [1.54, 1.807) is 0 Å². The summed E-state index contributed by atoms with van der Waals surface area (Å²) in [7, 11) is 0. The van der Waals surface area contributed by atoms with E-state index in [9.17, 15) is 15.0 Å². The van der Waals surface area contributed by atoms with E-state index in [-0.39, 0.29) is 0 Å². The summed E-state index contributed by atoms with van der Waals surface area (Å²) in [5.74, 6) is -0.676. The average Bonchev–Trinajstić information content (AvgIpc) is 2.18. The molecule has 4 N–H and O–H groups in total. The Kier molecular flexibility index (Phi) is 4.00. The molecule has 0 saturated carbocycles. The van der Waals surface area contributed by atoms with Crippen LogP contribution in [0.1, 0.15) is 6.92 Å². The standard InChI is InChI=1S/C8H14O7/c1-3(10)14-7-4(2-9)15-8(13)6(12)5(7)11/h4-9,11-13H,2H2,1H3/t4-,5-,6-,7+,8-/m1/s1. The number of esters is 1. The summed E-state index contributed by atoms with van der Waals surface area (Å²) in [4.78, 5) is 10.7. The lowest BCUT2D eigenvalue weighted by atomic mass is 9.99. The van der Waals surface area contributed by atoms with Crippen molar-refractivity contribution in [3.8, 4) is 0 Å². The van der Waals surface area contributed by atoms with Gasteiger partial charge in [-0.25, -0.2) is 0 Å². The van der Waals surface area contributed by atoms with Crippen LogP contribution in [0.3, 0.4) is 0 Å². The normalized spacial score (nSPS) is 41.3. The zero-order valence-corrected chi connectivity index (χ0v) is 8.11. The minimum absolute atomic E-state index is 0.543. The first-order valence-corrected chi connectivity index (χ1v) is 4.45. The molecule has 0 unspecified atom stereocenters. The van der Waals surface area contributed by atoms with Gasteiger partial charge in [0.1, 0.15) is 18.3 Å². The van der Waals surface area contributed by atoms with E-state index in [0.717, 1.165) is 6.92 Å². The van der Waals surface area contributed by atoms with Crippen molar-refractivity contribution in [3.63, 3.8) is 0 Å². The van der Waals surface area contributed by atoms with Gasteiger partial charge >= 0.3 is 5.97 Å². The van der Waals surface area contributed by atoms with Crippen LogP contribution in [0, 0.1) is 0 Å². The Labute approximate surface area is 85.9 Å². The van der Waals surface area contributed by atoms with Gasteiger partial charge < -0.3 is 29.9 Å². The molecule has 1 saturated heterocycles. The lowest BCUT2D eigenvalue weighted by Gasteiger charge is -2.39. The monoisotopic (exact) mass is 222 g/mol. The maximum Gasteiger partial charge on any atom is 0.303 e. The molecule has 0 aromatic heterocycles. The summed E-state index contributed by atoms with van der Waals surface area (Å²) in [6.45, 7) is 0.581. The first-order valence-electron chi connectivity index (χ1n) is 4.45. The molecule has 0 amide bonds. The first kappa shape index (κ1) is 12.3. The van der Waals surface area contributed by atoms with Gasteiger partial charge in [-0.1, -0.05) is 0 Å². The van der Waals surface area contributed by atoms with Crippen LogP contribution in [-0.2, 0) is 14.3 Å². The highest BCUT2D eigenvalue weighted by atomic mass is 16.7. The van der Waals surface area contributed by atoms with Crippen molar-refractivity contribution < 1.29 is 34.7 Å². The molecule has 88 valence electrons. The fourth-order valence-corrected chi connectivity index (χ4v) is 1.40. The van der Waals surface area contributed by atoms with Crippen LogP contribution in [-0.4, -0.2) is 63.7 Å². The van der Waals surface area contributed by atoms with Crippen LogP contribution in [0.2, 0.25) is 0 Å². The molecule has 0 aliphatic carbocycles. The maximum atomic E-state index is 10.7. The Balaban J connectivity index is 2.75. The Morgan fingerprint density at radius 3 is 2.40 bits per heavy atom. The van der Waals surface area contributed by atoms with E-state index >= 15 is 0 Å². The van der Waals surface area contributed by atoms with Crippen LogP contribution in [0.15, 0.2) is 0 Å². The van der Waals surface area contributed by atoms with Crippen molar-refractivity contribution in [3.05, 3.63) is 0 Å². The van der Waals surface area contributed by atoms with Crippen molar-refractivity contribution >= 4 is 5.97 Å². The highest BCUT2D eigenvalue weighted by Gasteiger charge is 2.45. The Morgan fingerprint density at radius 1 is 1.33 bits per heavy atom. The third-order valence-corrected chi connectivity index (χ3v) is 2.14. The quantitative estimate of drug-likeness (QED) is 0.377. The molecule has 5 atom stereocenters. The topological polar surface area (TPSA) is 116 Å². The SMILES string of the molecule is CC(=O)O[C@@H]1[C@H](O)[C@@H](O)[C@H](O)O[C@@H]1CO. The number of hydrogen-bond donors (Lipinski definition) is 4. The summed E-state index contributed by atoms with van der Waals surface area (Å²) in [5, 5.41) is 36.7. The third kappa shape index (κ3) is 2.64. The number of rotatable bonds is 2. The van der Waals surface area contributed by atoms with Crippen molar-refractivity contribution in [1.82, 2.24) is 0 Å². The lowest BCUT2D eigenvalue weighted by Crippen LogP contribution is -2.59. The van der Waals surface area contributed by atoms with Gasteiger partial charge in [0.25, 0.3) is 0 Å². The van der Waals surface area contributed by atoms with Crippen LogP contribution in [0.5, 0.6) is 0 Å². The number of ether oxygens (including phenoxy) is 2. The lowest BCUT2D eigenvalue weighted by molar-refractivity contribution is -0.289. The Hall–Kier alpha value is -0.730. The Bertz CT molecular complexity index is 229. The van der Waals surface area contributed by atoms with E-state index < -0.39 is 43.3 Å². The highest BCUT2D eigenvalue weighted by molar-refractivity contribution is 5.66. The summed E-state index contributed by atoms with van der Waals surface area (Å²) < 4.78 is 9.43. The zero-order valence-electron chi connectivity index (χ0n) is 8.11. The van der Waals surface area contributed by atoms with E-state index in [1.165, 1.54) is 0 Å². The molecule has 1 fully saturated rings. The molecule has 1 aliphatic heterocycles. The zero-order chi connectivity index (χ0) is 11.6. The van der Waals surface area contributed by atoms with Crippen molar-refractivity contribution in [2.45, 2.75) is 37.6 Å². The minimum atomic E-state index is -1.61. The highest BCUT2D eigenvalue weighted by Crippen LogP contribution is 2.22. The molecule has 0 bridgehead atoms. The molecular formula is C8H14O7. The van der Waals surface area contributed by atoms with E-state index in [1.807, 2.05) is 0 Å². The van der Waals surface area contributed by atoms with Crippen LogP contribution >= 0.6 is 0 Å². The summed E-state index contributed by atoms with van der Waals surface area (Å²) in [6.07, 6.45) is -6.91. The van der Waals surface area contributed by atoms with Gasteiger partial charge in [0.15, 0.2) is 12.4 Å². The second kappa shape index (κ2) is 4.86. The van der Waals surface area contributed by atoms with Gasteiger partial charge in [-0.3, -0.25) is 4.79 Å². The smallest absolute Gasteiger partial charge is 0.303 e. The summed E-state index contributed by atoms with van der Waals surface area (Å²) in [5.41, 5.74) is 0. The van der Waals surface area contributed by atoms with Crippen molar-refractivity contribution in [2.75, 3.05) is 6.61 Å². The second-order valence-corrected chi connectivity index (χ2v) is 3.30. The summed E-state index contributed by atoms with van der Waals surface area (Å²) in [6, 6.07) is 0. The molecule has 1 heterocycles. The van der Waals surface area contributed by atoms with Gasteiger partial charge in [0.05, 0.1) is 6.61 Å². The first-order chi connectivity index (χ1) is 6.97. The Morgan fingerprint density at radius 2 is 1.93 bits per heavy atom. The van der Waals surface area contributed by atoms with E-state index in [2.05, 4.69) is 4.74 Å². The molecule has 0 radical (unpaired) electrons. The van der Waals surface area contributed by atoms with Gasteiger partial charge in [-0.15, -0.1) is 0 Å². The largest absolute Gasteiger partial charge is 0.457 e. The number of carbonyl (C=O) groups excluding carboxylic acids is 1. The van der Waals surface area contributed by atoms with Crippen molar-refractivity contribution in [2.24, 2.45) is 0 Å². The predicted molar refractivity (Wildman–Crippen MR) is 45.5 cm³/mol. The summed E-state index contributed by atoms with van der Waals surface area (Å²) >= 11 is 0. The maximum absolute atomic E-state index is 10.7. The minimum Gasteiger partial charge on any atom is -0.457 e. The second-order valence-electron chi connectivity index (χ2n) is 3.30. The van der Waals surface area contributed by atoms with Gasteiger partial charge in [0, 0.05) is 6.92 Å². The van der Waals surface area contributed by atoms with Gasteiger partial charge in [-0.05, 0) is 0 Å². The van der Waals surface area contributed by atoms with E-state index in [4.69, 9.17) is 14.9 Å². The number of carbonyl (C=O) groups is 1. The molecule has 0 aromatic carbocycles. The van der Waals surface area contributed by atoms with Crippen LogP contribution < -0.4 is 0 Å². The molecule has 15 heavy (non-hydrogen) atoms. The molecule has 0 aromatic rings. The van der Waals surface area contributed by atoms with E-state index in [0.29, 0.717) is 0 Å². The number of aliphatic hydroxyl groups excluding tert-OH is 4. The van der Waals surface area contributed by atoms with Crippen LogP contribution in [0.25, 0.3) is 0 Å². The predicted octanol–water partition coefficient (Wildman–Crippen LogP) is -2.65.